The number of carbonyl (C=O) groups is 2. The van der Waals surface area contributed by atoms with E-state index in [1.54, 1.807) is 43.5 Å². The van der Waals surface area contributed by atoms with Crippen LogP contribution in [0.2, 0.25) is 5.02 Å². The molecule has 1 aliphatic rings. The number of ether oxygens (including phenoxy) is 1. The van der Waals surface area contributed by atoms with Crippen LogP contribution in [0.1, 0.15) is 31.8 Å². The molecule has 3 rings (SSSR count). The minimum absolute atomic E-state index is 0.0613. The molecular formula is C22H26ClN3O3. The first kappa shape index (κ1) is 21.3. The van der Waals surface area contributed by atoms with E-state index in [2.05, 4.69) is 4.90 Å². The Morgan fingerprint density at radius 2 is 1.79 bits per heavy atom. The van der Waals surface area contributed by atoms with Crippen LogP contribution in [0.4, 0.5) is 5.69 Å². The van der Waals surface area contributed by atoms with Gasteiger partial charge in [-0.3, -0.25) is 14.5 Å². The largest absolute Gasteiger partial charge is 0.399 e. The summed E-state index contributed by atoms with van der Waals surface area (Å²) in [4.78, 5) is 30.1. The third kappa shape index (κ3) is 4.96. The Balaban J connectivity index is 1.77. The number of nitrogens with two attached hydrogens (primary N) is 1. The number of carbonyl (C=O) groups excluding carboxylic acids is 2. The molecule has 2 N–H and O–H groups in total. The Bertz CT molecular complexity index is 908. The summed E-state index contributed by atoms with van der Waals surface area (Å²) < 4.78 is 5.12. The van der Waals surface area contributed by atoms with E-state index in [0.717, 1.165) is 25.2 Å². The maximum atomic E-state index is 13.0. The predicted octanol–water partition coefficient (Wildman–Crippen LogP) is 2.87. The Kier molecular flexibility index (Phi) is 6.90. The second-order valence-corrected chi connectivity index (χ2v) is 7.63. The minimum Gasteiger partial charge on any atom is -0.399 e. The average molecular weight is 416 g/mol. The van der Waals surface area contributed by atoms with Crippen molar-refractivity contribution in [2.45, 2.75) is 6.92 Å². The van der Waals surface area contributed by atoms with Gasteiger partial charge in [-0.1, -0.05) is 17.7 Å². The quantitative estimate of drug-likeness (QED) is 0.580. The van der Waals surface area contributed by atoms with Crippen molar-refractivity contribution in [1.82, 2.24) is 9.80 Å². The van der Waals surface area contributed by atoms with Gasteiger partial charge in [-0.2, -0.15) is 0 Å². The topological polar surface area (TPSA) is 75.9 Å². The first-order chi connectivity index (χ1) is 13.9. The molecule has 6 nitrogen and oxygen atoms in total. The van der Waals surface area contributed by atoms with Crippen LogP contribution >= 0.6 is 11.6 Å². The molecule has 0 aliphatic carbocycles. The summed E-state index contributed by atoms with van der Waals surface area (Å²) in [5.41, 5.74) is 8.37. The van der Waals surface area contributed by atoms with Crippen LogP contribution in [0, 0.1) is 6.92 Å². The number of amides is 1. The van der Waals surface area contributed by atoms with Crippen LogP contribution in [0.5, 0.6) is 0 Å². The summed E-state index contributed by atoms with van der Waals surface area (Å²) in [6, 6.07) is 10.1. The van der Waals surface area contributed by atoms with Gasteiger partial charge in [0.2, 0.25) is 0 Å². The zero-order valence-electron chi connectivity index (χ0n) is 16.8. The molecule has 0 aromatic heterocycles. The lowest BCUT2D eigenvalue weighted by atomic mass is 9.96. The lowest BCUT2D eigenvalue weighted by Gasteiger charge is -2.34. The summed E-state index contributed by atoms with van der Waals surface area (Å²) in [7, 11) is 1.69. The number of nitrogen functional groups attached to an aromatic ring is 1. The van der Waals surface area contributed by atoms with Gasteiger partial charge in [-0.05, 0) is 42.8 Å². The van der Waals surface area contributed by atoms with Crippen molar-refractivity contribution >= 4 is 29.0 Å². The van der Waals surface area contributed by atoms with Crippen LogP contribution in [-0.4, -0.2) is 67.9 Å². The summed E-state index contributed by atoms with van der Waals surface area (Å²) in [5, 5.41) is 0.304. The summed E-state index contributed by atoms with van der Waals surface area (Å²) in [6.45, 7) is 6.34. The van der Waals surface area contributed by atoms with Crippen molar-refractivity contribution in [3.63, 3.8) is 0 Å². The fourth-order valence-electron chi connectivity index (χ4n) is 3.44. The number of aryl methyl sites for hydroxylation is 1. The molecule has 0 saturated carbocycles. The number of anilines is 1. The number of hydrogen-bond donors (Lipinski definition) is 1. The average Bonchev–Trinajstić information content (AvgIpc) is 2.72. The maximum Gasteiger partial charge on any atom is 0.253 e. The third-order valence-corrected chi connectivity index (χ3v) is 5.55. The van der Waals surface area contributed by atoms with Gasteiger partial charge in [0.05, 0.1) is 11.6 Å². The highest BCUT2D eigenvalue weighted by molar-refractivity contribution is 6.35. The Morgan fingerprint density at radius 1 is 1.07 bits per heavy atom. The number of methoxy groups -OCH3 is 1. The van der Waals surface area contributed by atoms with Gasteiger partial charge < -0.3 is 15.4 Å². The van der Waals surface area contributed by atoms with Crippen LogP contribution in [0.15, 0.2) is 36.4 Å². The number of nitrogens with zero attached hydrogens (tertiary/aromatic N) is 2. The molecule has 0 radical (unpaired) electrons. The van der Waals surface area contributed by atoms with Crippen LogP contribution in [0.25, 0.3) is 0 Å². The van der Waals surface area contributed by atoms with Crippen molar-refractivity contribution in [2.75, 3.05) is 52.2 Å². The van der Waals surface area contributed by atoms with E-state index in [0.29, 0.717) is 47.1 Å². The van der Waals surface area contributed by atoms with E-state index in [1.807, 2.05) is 11.8 Å². The van der Waals surface area contributed by atoms with Crippen LogP contribution < -0.4 is 5.73 Å². The zero-order chi connectivity index (χ0) is 21.0. The third-order valence-electron chi connectivity index (χ3n) is 5.24. The second-order valence-electron chi connectivity index (χ2n) is 7.22. The molecule has 154 valence electrons. The van der Waals surface area contributed by atoms with Gasteiger partial charge in [0.15, 0.2) is 5.78 Å². The molecule has 1 heterocycles. The van der Waals surface area contributed by atoms with Crippen molar-refractivity contribution in [3.05, 3.63) is 63.7 Å². The Labute approximate surface area is 176 Å². The molecule has 1 fully saturated rings. The summed E-state index contributed by atoms with van der Waals surface area (Å²) in [5.74, 6) is -0.277. The lowest BCUT2D eigenvalue weighted by molar-refractivity contribution is 0.0594. The lowest BCUT2D eigenvalue weighted by Crippen LogP contribution is -2.49. The second kappa shape index (κ2) is 9.39. The van der Waals surface area contributed by atoms with E-state index < -0.39 is 0 Å². The monoisotopic (exact) mass is 415 g/mol. The predicted molar refractivity (Wildman–Crippen MR) is 115 cm³/mol. The molecule has 1 aliphatic heterocycles. The van der Waals surface area contributed by atoms with Crippen LogP contribution in [0.3, 0.4) is 0 Å². The number of halogens is 1. The molecule has 0 bridgehead atoms. The van der Waals surface area contributed by atoms with Crippen molar-refractivity contribution in [1.29, 1.82) is 0 Å². The van der Waals surface area contributed by atoms with Gasteiger partial charge in [0.25, 0.3) is 5.91 Å². The normalized spacial score (nSPS) is 14.8. The van der Waals surface area contributed by atoms with Crippen LogP contribution in [-0.2, 0) is 4.74 Å². The molecule has 1 amide bonds. The van der Waals surface area contributed by atoms with E-state index >= 15 is 0 Å². The minimum atomic E-state index is -0.216. The molecule has 0 atom stereocenters. The molecule has 29 heavy (non-hydrogen) atoms. The van der Waals surface area contributed by atoms with Gasteiger partial charge in [-0.25, -0.2) is 0 Å². The molecule has 0 unspecified atom stereocenters. The SMILES string of the molecule is COCCN1CCN(C(=O)c2ccc(C)c(C(=O)c3ccc(N)cc3Cl)c2)CC1. The van der Waals surface area contributed by atoms with Gasteiger partial charge >= 0.3 is 0 Å². The number of hydrogen-bond acceptors (Lipinski definition) is 5. The number of rotatable bonds is 6. The Hall–Kier alpha value is -2.41. The molecular weight excluding hydrogens is 390 g/mol. The zero-order valence-corrected chi connectivity index (χ0v) is 17.5. The highest BCUT2D eigenvalue weighted by Crippen LogP contribution is 2.24. The van der Waals surface area contributed by atoms with Gasteiger partial charge in [-0.15, -0.1) is 0 Å². The fraction of sp³-hybridized carbons (Fsp3) is 0.364. The number of piperazine rings is 1. The van der Waals surface area contributed by atoms with Gasteiger partial charge in [0, 0.05) is 62.2 Å². The molecule has 1 saturated heterocycles. The van der Waals surface area contributed by atoms with Crippen molar-refractivity contribution < 1.29 is 14.3 Å². The maximum absolute atomic E-state index is 13.0. The van der Waals surface area contributed by atoms with E-state index in [1.165, 1.54) is 0 Å². The first-order valence-corrected chi connectivity index (χ1v) is 9.99. The standard InChI is InChI=1S/C22H26ClN3O3/c1-15-3-4-16(22(28)26-9-7-25(8-10-26)11-12-29-2)13-19(15)21(27)18-6-5-17(24)14-20(18)23/h3-6,13-14H,7-12,24H2,1-2H3. The molecule has 2 aromatic rings. The van der Waals surface area contributed by atoms with E-state index in [4.69, 9.17) is 22.1 Å². The van der Waals surface area contributed by atoms with Crippen molar-refractivity contribution in [2.24, 2.45) is 0 Å². The highest BCUT2D eigenvalue weighted by atomic mass is 35.5. The Morgan fingerprint density at radius 3 is 2.45 bits per heavy atom. The first-order valence-electron chi connectivity index (χ1n) is 9.61. The fourth-order valence-corrected chi connectivity index (χ4v) is 3.71. The molecule has 2 aromatic carbocycles. The molecule has 7 heteroatoms. The smallest absolute Gasteiger partial charge is 0.253 e. The van der Waals surface area contributed by atoms with Crippen molar-refractivity contribution in [3.8, 4) is 0 Å². The number of ketones is 1. The molecule has 0 spiro atoms. The summed E-state index contributed by atoms with van der Waals surface area (Å²) in [6.07, 6.45) is 0. The van der Waals surface area contributed by atoms with E-state index in [9.17, 15) is 9.59 Å². The highest BCUT2D eigenvalue weighted by Gasteiger charge is 2.23. The summed E-state index contributed by atoms with van der Waals surface area (Å²) >= 11 is 6.21. The van der Waals surface area contributed by atoms with Gasteiger partial charge in [0.1, 0.15) is 0 Å². The van der Waals surface area contributed by atoms with E-state index in [-0.39, 0.29) is 11.7 Å². The number of benzene rings is 2.